The van der Waals surface area contributed by atoms with Crippen molar-refractivity contribution >= 4 is 68.4 Å². The summed E-state index contributed by atoms with van der Waals surface area (Å²) < 4.78 is 7.18. The minimum Gasteiger partial charge on any atom is -0.481 e. The normalized spacial score (nSPS) is 24.8. The Bertz CT molecular complexity index is 3640. The number of nitrogens with one attached hydrogen (secondary N) is 3. The molecule has 14 rings (SSSR count). The van der Waals surface area contributed by atoms with Crippen molar-refractivity contribution in [2.24, 2.45) is 11.8 Å². The number of piperidine rings is 3. The Labute approximate surface area is 614 Å². The van der Waals surface area contributed by atoms with Crippen LogP contribution in [0.15, 0.2) is 43.3 Å². The summed E-state index contributed by atoms with van der Waals surface area (Å²) in [5.41, 5.74) is 8.70. The molecule has 7 N–H and O–H groups in total. The number of aliphatic hydroxyl groups is 3. The summed E-state index contributed by atoms with van der Waals surface area (Å²) in [5, 5.41) is 52.6. The zero-order chi connectivity index (χ0) is 72.5. The molecule has 1 amide bonds. The Balaban J connectivity index is 0.000000146. The topological polar surface area (TPSA) is 253 Å². The van der Waals surface area contributed by atoms with Gasteiger partial charge in [0.05, 0.1) is 24.2 Å². The number of hydrogen-bond acceptors (Lipinski definition) is 16. The molecule has 21 heteroatoms. The van der Waals surface area contributed by atoms with E-state index in [0.717, 1.165) is 234 Å². The second kappa shape index (κ2) is 37.8. The lowest BCUT2D eigenvalue weighted by molar-refractivity contribution is -0.143. The number of anilines is 3. The number of carboxylic acids is 1. The fourth-order valence-electron chi connectivity index (χ4n) is 17.9. The number of rotatable bonds is 20. The molecule has 0 radical (unpaired) electrons. The van der Waals surface area contributed by atoms with E-state index in [1.54, 1.807) is 0 Å². The lowest BCUT2D eigenvalue weighted by Gasteiger charge is -2.36. The van der Waals surface area contributed by atoms with Gasteiger partial charge in [-0.1, -0.05) is 65.4 Å². The molecule has 4 saturated carbocycles. The van der Waals surface area contributed by atoms with Crippen LogP contribution in [0.5, 0.6) is 0 Å². The predicted molar refractivity (Wildman–Crippen MR) is 416 cm³/mol. The predicted octanol–water partition coefficient (Wildman–Crippen LogP) is 16.0. The van der Waals surface area contributed by atoms with Crippen molar-refractivity contribution in [2.75, 3.05) is 69.3 Å². The second-order valence-electron chi connectivity index (χ2n) is 32.5. The molecule has 0 bridgehead atoms. The molecule has 5 aliphatic carbocycles. The first kappa shape index (κ1) is 77.8. The van der Waals surface area contributed by atoms with Crippen LogP contribution >= 0.6 is 0 Å². The standard InChI is InChI=1S/C29H46N6O2.C23H36N4O.C23H34N4O.C7H13NO2/c1-4-5-20(2)31-29-30-18-25-26(19-35(27(25)32-29)23-6-8-24(36)9-7-23)21-12-16-34(17-13-21)28(37)22-10-14-33(3)15-11-22;2*1-3-7-16(2)25-23-24-14-20-21(17-8-5-4-6-9-17)15-27(22(20)26-23)18-10-12-19(28)13-11-18;1-8-4-2-6(3-5-8)7(9)10/h18-24,36H,4-17H2,1-3H3,(H,30,31,32);14-19,28H,3-13H2,1-2H3,(H,24,25,26);8,14-16,18-19,28H,3-7,9-13H2,1-2H3,(H,24,25,26);6H,2-5H2,1H3,(H,9,10)/t20-,23?,24?;2*16-,18?,19?;/m000./s1. The van der Waals surface area contributed by atoms with Crippen LogP contribution in [0.4, 0.5) is 17.8 Å². The van der Waals surface area contributed by atoms with Gasteiger partial charge in [-0.25, -0.2) is 15.0 Å². The average Bonchev–Trinajstić information content (AvgIpc) is 1.64. The van der Waals surface area contributed by atoms with E-state index in [1.807, 2.05) is 19.4 Å². The van der Waals surface area contributed by atoms with Gasteiger partial charge in [0, 0.05) is 114 Å². The van der Waals surface area contributed by atoms with Crippen LogP contribution in [0.1, 0.15) is 300 Å². The van der Waals surface area contributed by atoms with Crippen molar-refractivity contribution in [3.05, 3.63) is 59.9 Å². The molecule has 21 nitrogen and oxygen atoms in total. The molecule has 6 aromatic rings. The Morgan fingerprint density at radius 1 is 0.466 bits per heavy atom. The molecule has 6 aromatic heterocycles. The summed E-state index contributed by atoms with van der Waals surface area (Å²) >= 11 is 0. The van der Waals surface area contributed by atoms with Gasteiger partial charge in [-0.3, -0.25) is 9.59 Å². The third kappa shape index (κ3) is 20.7. The molecule has 8 aliphatic rings. The molecule has 3 saturated heterocycles. The molecule has 3 atom stereocenters. The van der Waals surface area contributed by atoms with Gasteiger partial charge in [0.25, 0.3) is 0 Å². The van der Waals surface area contributed by atoms with Gasteiger partial charge in [0.1, 0.15) is 16.9 Å². The molecule has 7 fully saturated rings. The fourth-order valence-corrected chi connectivity index (χ4v) is 17.9. The highest BCUT2D eigenvalue weighted by Gasteiger charge is 2.35. The highest BCUT2D eigenvalue weighted by molar-refractivity contribution is 5.91. The van der Waals surface area contributed by atoms with Gasteiger partial charge in [0.2, 0.25) is 23.8 Å². The van der Waals surface area contributed by atoms with Crippen molar-refractivity contribution in [3.8, 4) is 0 Å². The van der Waals surface area contributed by atoms with Crippen LogP contribution in [0.25, 0.3) is 38.7 Å². The van der Waals surface area contributed by atoms with Crippen LogP contribution in [-0.2, 0) is 9.59 Å². The van der Waals surface area contributed by atoms with Gasteiger partial charge in [-0.05, 0) is 263 Å². The molecule has 568 valence electrons. The van der Waals surface area contributed by atoms with Crippen LogP contribution in [0, 0.1) is 11.8 Å². The number of carbonyl (C=O) groups excluding carboxylic acids is 1. The highest BCUT2D eigenvalue weighted by Crippen LogP contribution is 2.43. The first-order valence-corrected chi connectivity index (χ1v) is 41.0. The van der Waals surface area contributed by atoms with Crippen molar-refractivity contribution < 1.29 is 30.0 Å². The third-order valence-corrected chi connectivity index (χ3v) is 24.3. The number of aromatic nitrogens is 9. The summed E-state index contributed by atoms with van der Waals surface area (Å²) in [4.78, 5) is 59.3. The Morgan fingerprint density at radius 3 is 1.25 bits per heavy atom. The van der Waals surface area contributed by atoms with Gasteiger partial charge in [0.15, 0.2) is 0 Å². The van der Waals surface area contributed by atoms with Gasteiger partial charge >= 0.3 is 5.97 Å². The number of amides is 1. The number of aliphatic hydroxyl groups excluding tert-OH is 3. The smallest absolute Gasteiger partial charge is 0.306 e. The van der Waals surface area contributed by atoms with E-state index in [4.69, 9.17) is 25.0 Å². The summed E-state index contributed by atoms with van der Waals surface area (Å²) in [7, 11) is 4.17. The molecule has 3 aliphatic heterocycles. The Morgan fingerprint density at radius 2 is 0.854 bits per heavy atom. The summed E-state index contributed by atoms with van der Waals surface area (Å²) in [6.07, 6.45) is 50.2. The molecule has 0 unspecified atom stereocenters. The maximum Gasteiger partial charge on any atom is 0.306 e. The number of carboxylic acid groups (broad SMARTS) is 1. The van der Waals surface area contributed by atoms with Gasteiger partial charge in [-0.15, -0.1) is 0 Å². The molecular weight excluding hydrogens is 1290 g/mol. The number of aliphatic carboxylic acids is 1. The summed E-state index contributed by atoms with van der Waals surface area (Å²) in [6.45, 7) is 18.8. The zero-order valence-corrected chi connectivity index (χ0v) is 64.1. The first-order valence-electron chi connectivity index (χ1n) is 41.0. The highest BCUT2D eigenvalue weighted by atomic mass is 16.4. The number of nitrogens with zero attached hydrogens (tertiary/aromatic N) is 12. The molecular formula is C82H129N15O6. The third-order valence-electron chi connectivity index (χ3n) is 24.3. The van der Waals surface area contributed by atoms with E-state index in [0.29, 0.717) is 59.9 Å². The minimum atomic E-state index is -0.631. The van der Waals surface area contributed by atoms with E-state index in [9.17, 15) is 24.9 Å². The Hall–Kier alpha value is -6.26. The number of likely N-dealkylation sites (tertiary alicyclic amines) is 3. The summed E-state index contributed by atoms with van der Waals surface area (Å²) in [5.74, 6) is 3.10. The second-order valence-corrected chi connectivity index (χ2v) is 32.5. The first-order chi connectivity index (χ1) is 49.9. The van der Waals surface area contributed by atoms with E-state index >= 15 is 0 Å². The van der Waals surface area contributed by atoms with Crippen molar-refractivity contribution in [3.63, 3.8) is 0 Å². The van der Waals surface area contributed by atoms with Crippen molar-refractivity contribution in [1.82, 2.24) is 58.3 Å². The lowest BCUT2D eigenvalue weighted by Crippen LogP contribution is -2.44. The van der Waals surface area contributed by atoms with Crippen LogP contribution in [0.2, 0.25) is 0 Å². The minimum absolute atomic E-state index is 0.0869. The number of allylic oxidation sites excluding steroid dienone is 2. The van der Waals surface area contributed by atoms with E-state index in [2.05, 4.69) is 134 Å². The SMILES string of the molecule is CCC[C@H](C)Nc1ncc2c(C3=CCCCC3)cn(C3CCC(O)CC3)c2n1.CCC[C@H](C)Nc1ncc2c(C3CCCCC3)cn(C3CCC(O)CC3)c2n1.CCC[C@H](C)Nc1ncc2c(C3CCN(C(=O)C4CCN(C)CC4)CC3)cn(C3CCC(O)CC3)c2n1.CN1CCC(C(=O)O)CC1. The fraction of sp³-hybridized carbons (Fsp3) is 0.732. The van der Waals surface area contributed by atoms with Crippen LogP contribution < -0.4 is 16.0 Å². The number of carbonyl (C=O) groups is 2. The van der Waals surface area contributed by atoms with E-state index in [-0.39, 0.29) is 30.1 Å². The van der Waals surface area contributed by atoms with Gasteiger partial charge in [-0.2, -0.15) is 15.0 Å². The Kier molecular flexibility index (Phi) is 28.6. The lowest BCUT2D eigenvalue weighted by atomic mass is 9.84. The molecule has 0 aromatic carbocycles. The van der Waals surface area contributed by atoms with Crippen LogP contribution in [0.3, 0.4) is 0 Å². The molecule has 9 heterocycles. The maximum atomic E-state index is 13.2. The maximum absolute atomic E-state index is 13.2. The van der Waals surface area contributed by atoms with Crippen LogP contribution in [-0.4, -0.2) is 180 Å². The number of hydrogen-bond donors (Lipinski definition) is 7. The summed E-state index contributed by atoms with van der Waals surface area (Å²) in [6, 6.07) is 2.31. The molecule has 103 heavy (non-hydrogen) atoms. The number of fused-ring (bicyclic) bond motifs is 3. The van der Waals surface area contributed by atoms with E-state index < -0.39 is 5.97 Å². The van der Waals surface area contributed by atoms with E-state index in [1.165, 1.54) is 84.4 Å². The van der Waals surface area contributed by atoms with Crippen molar-refractivity contribution in [2.45, 2.75) is 320 Å². The largest absolute Gasteiger partial charge is 0.481 e. The van der Waals surface area contributed by atoms with Crippen molar-refractivity contribution in [1.29, 1.82) is 0 Å². The quantitative estimate of drug-likeness (QED) is 0.0375. The molecule has 0 spiro atoms. The van der Waals surface area contributed by atoms with Gasteiger partial charge < -0.3 is 64.8 Å². The zero-order valence-electron chi connectivity index (χ0n) is 64.1. The average molecular weight is 1420 g/mol. The monoisotopic (exact) mass is 1420 g/mol.